The van der Waals surface area contributed by atoms with Crippen LogP contribution >= 0.6 is 11.3 Å². The molecule has 0 bridgehead atoms. The van der Waals surface area contributed by atoms with Crippen molar-refractivity contribution in [3.05, 3.63) is 65.7 Å². The van der Waals surface area contributed by atoms with Crippen LogP contribution in [0, 0.1) is 0 Å². The number of aromatic nitrogens is 2. The Morgan fingerprint density at radius 3 is 2.90 bits per heavy atom. The minimum atomic E-state index is -0.421. The molecule has 8 heteroatoms. The average molecular weight is 433 g/mol. The normalized spacial score (nSPS) is 15.8. The van der Waals surface area contributed by atoms with E-state index in [1.807, 2.05) is 35.8 Å². The van der Waals surface area contributed by atoms with Crippen LogP contribution in [-0.4, -0.2) is 34.5 Å². The van der Waals surface area contributed by atoms with Crippen LogP contribution in [0.1, 0.15) is 23.2 Å². The second-order valence-electron chi connectivity index (χ2n) is 7.31. The molecule has 7 nitrogen and oxygen atoms in total. The molecular weight excluding hydrogens is 412 g/mol. The van der Waals surface area contributed by atoms with Gasteiger partial charge in [0.05, 0.1) is 5.69 Å². The Kier molecular flexibility index (Phi) is 5.23. The van der Waals surface area contributed by atoms with Gasteiger partial charge in [-0.1, -0.05) is 24.3 Å². The first kappa shape index (κ1) is 19.5. The molecule has 1 saturated heterocycles. The molecule has 0 spiro atoms. The maximum absolute atomic E-state index is 12.7. The van der Waals surface area contributed by atoms with E-state index in [4.69, 9.17) is 4.74 Å². The number of amides is 2. The van der Waals surface area contributed by atoms with Crippen LogP contribution in [-0.2, 0) is 9.53 Å². The van der Waals surface area contributed by atoms with Gasteiger partial charge in [0.25, 0.3) is 11.8 Å². The Morgan fingerprint density at radius 1 is 1.13 bits per heavy atom. The molecule has 4 aromatic rings. The molecule has 156 valence electrons. The Hall–Kier alpha value is -3.49. The van der Waals surface area contributed by atoms with E-state index in [1.54, 1.807) is 24.3 Å². The number of anilines is 2. The van der Waals surface area contributed by atoms with E-state index in [0.29, 0.717) is 23.0 Å². The van der Waals surface area contributed by atoms with Gasteiger partial charge in [0.15, 0.2) is 5.13 Å². The maximum Gasteiger partial charge on any atom is 0.257 e. The van der Waals surface area contributed by atoms with Gasteiger partial charge < -0.3 is 15.0 Å². The lowest BCUT2D eigenvalue weighted by Gasteiger charge is -2.11. The fraction of sp³-hybridized carbons (Fsp3) is 0.174. The molecule has 1 unspecified atom stereocenters. The van der Waals surface area contributed by atoms with Gasteiger partial charge in [0.1, 0.15) is 6.10 Å². The molecule has 1 aliphatic heterocycles. The van der Waals surface area contributed by atoms with Crippen LogP contribution in [0.5, 0.6) is 0 Å². The lowest BCUT2D eigenvalue weighted by atomic mass is 10.1. The highest BCUT2D eigenvalue weighted by atomic mass is 32.1. The summed E-state index contributed by atoms with van der Waals surface area (Å²) in [6.07, 6.45) is 3.10. The number of thiazole rings is 1. The molecule has 3 N–H and O–H groups in total. The van der Waals surface area contributed by atoms with Crippen LogP contribution in [0.15, 0.2) is 60.1 Å². The standard InChI is InChI=1S/C23H20N4O3S/c28-21(14-5-3-6-15(11-14)25-22(29)20-9-4-10-30-20)27-23-26-19(13-31-23)17-12-24-18-8-2-1-7-16(17)18/h1-3,5-8,11-13,20,24H,4,9-10H2,(H,25,29)(H,26,27,28). The second kappa shape index (κ2) is 8.33. The van der Waals surface area contributed by atoms with E-state index in [0.717, 1.165) is 35.0 Å². The van der Waals surface area contributed by atoms with Crippen LogP contribution in [0.4, 0.5) is 10.8 Å². The zero-order chi connectivity index (χ0) is 21.2. The quantitative estimate of drug-likeness (QED) is 0.427. The molecule has 31 heavy (non-hydrogen) atoms. The molecule has 0 saturated carbocycles. The van der Waals surface area contributed by atoms with E-state index in [2.05, 4.69) is 20.6 Å². The highest BCUT2D eigenvalue weighted by molar-refractivity contribution is 7.14. The van der Waals surface area contributed by atoms with Crippen molar-refractivity contribution in [2.24, 2.45) is 0 Å². The van der Waals surface area contributed by atoms with Crippen LogP contribution < -0.4 is 10.6 Å². The summed E-state index contributed by atoms with van der Waals surface area (Å²) in [5.74, 6) is -0.466. The summed E-state index contributed by atoms with van der Waals surface area (Å²) in [6, 6.07) is 14.8. The zero-order valence-corrected chi connectivity index (χ0v) is 17.4. The van der Waals surface area contributed by atoms with Crippen LogP contribution in [0.25, 0.3) is 22.2 Å². The van der Waals surface area contributed by atoms with E-state index in [9.17, 15) is 9.59 Å². The van der Waals surface area contributed by atoms with Crippen LogP contribution in [0.2, 0.25) is 0 Å². The number of ether oxygens (including phenoxy) is 1. The number of hydrogen-bond donors (Lipinski definition) is 3. The van der Waals surface area contributed by atoms with Crippen molar-refractivity contribution in [1.29, 1.82) is 0 Å². The molecule has 1 atom stereocenters. The molecule has 1 fully saturated rings. The molecule has 2 aromatic heterocycles. The highest BCUT2D eigenvalue weighted by Crippen LogP contribution is 2.31. The summed E-state index contributed by atoms with van der Waals surface area (Å²) >= 11 is 1.37. The van der Waals surface area contributed by atoms with Gasteiger partial charge >= 0.3 is 0 Å². The second-order valence-corrected chi connectivity index (χ2v) is 8.17. The summed E-state index contributed by atoms with van der Waals surface area (Å²) in [6.45, 7) is 0.606. The van der Waals surface area contributed by atoms with Gasteiger partial charge in [-0.25, -0.2) is 4.98 Å². The minimum Gasteiger partial charge on any atom is -0.368 e. The zero-order valence-electron chi connectivity index (χ0n) is 16.6. The van der Waals surface area contributed by atoms with Crippen molar-refractivity contribution in [3.8, 4) is 11.3 Å². The van der Waals surface area contributed by atoms with Gasteiger partial charge in [0, 0.05) is 45.9 Å². The highest BCUT2D eigenvalue weighted by Gasteiger charge is 2.23. The third-order valence-electron chi connectivity index (χ3n) is 5.20. The van der Waals surface area contributed by atoms with Crippen molar-refractivity contribution in [2.45, 2.75) is 18.9 Å². The Balaban J connectivity index is 1.29. The number of nitrogens with one attached hydrogen (secondary N) is 3. The average Bonchev–Trinajstić information content (AvgIpc) is 3.54. The number of carbonyl (C=O) groups excluding carboxylic acids is 2. The third-order valence-corrected chi connectivity index (χ3v) is 5.96. The predicted molar refractivity (Wildman–Crippen MR) is 121 cm³/mol. The Bertz CT molecular complexity index is 1260. The van der Waals surface area contributed by atoms with Crippen molar-refractivity contribution >= 4 is 44.9 Å². The van der Waals surface area contributed by atoms with E-state index in [1.165, 1.54) is 11.3 Å². The van der Waals surface area contributed by atoms with Gasteiger partial charge in [-0.05, 0) is 37.1 Å². The Morgan fingerprint density at radius 2 is 2.03 bits per heavy atom. The lowest BCUT2D eigenvalue weighted by Crippen LogP contribution is -2.27. The number of fused-ring (bicyclic) bond motifs is 1. The summed E-state index contributed by atoms with van der Waals surface area (Å²) in [4.78, 5) is 32.8. The van der Waals surface area contributed by atoms with Crippen molar-refractivity contribution < 1.29 is 14.3 Å². The summed E-state index contributed by atoms with van der Waals surface area (Å²) in [7, 11) is 0. The maximum atomic E-state index is 12.7. The lowest BCUT2D eigenvalue weighted by molar-refractivity contribution is -0.124. The third kappa shape index (κ3) is 4.08. The number of carbonyl (C=O) groups is 2. The first-order valence-electron chi connectivity index (χ1n) is 10.0. The molecule has 5 rings (SSSR count). The van der Waals surface area contributed by atoms with Gasteiger partial charge in [-0.3, -0.25) is 14.9 Å². The smallest absolute Gasteiger partial charge is 0.257 e. The monoisotopic (exact) mass is 432 g/mol. The summed E-state index contributed by atoms with van der Waals surface area (Å²) in [5, 5.41) is 9.18. The molecule has 0 radical (unpaired) electrons. The first-order chi connectivity index (χ1) is 15.2. The van der Waals surface area contributed by atoms with Crippen LogP contribution in [0.3, 0.4) is 0 Å². The fourth-order valence-electron chi connectivity index (χ4n) is 3.65. The number of hydrogen-bond acceptors (Lipinski definition) is 5. The number of nitrogens with zero attached hydrogens (tertiary/aromatic N) is 1. The molecule has 2 amide bonds. The number of para-hydroxylation sites is 1. The number of rotatable bonds is 5. The predicted octanol–water partition coefficient (Wildman–Crippen LogP) is 4.66. The number of aromatic amines is 1. The minimum absolute atomic E-state index is 0.182. The van der Waals surface area contributed by atoms with Crippen molar-refractivity contribution in [2.75, 3.05) is 17.2 Å². The molecule has 1 aliphatic rings. The van der Waals surface area contributed by atoms with Crippen molar-refractivity contribution in [3.63, 3.8) is 0 Å². The van der Waals surface area contributed by atoms with E-state index < -0.39 is 6.10 Å². The van der Waals surface area contributed by atoms with E-state index >= 15 is 0 Å². The number of H-pyrrole nitrogens is 1. The fourth-order valence-corrected chi connectivity index (χ4v) is 4.36. The number of benzene rings is 2. The summed E-state index contributed by atoms with van der Waals surface area (Å²) < 4.78 is 5.40. The molecular formula is C23H20N4O3S. The largest absolute Gasteiger partial charge is 0.368 e. The first-order valence-corrected chi connectivity index (χ1v) is 10.9. The topological polar surface area (TPSA) is 96.1 Å². The van der Waals surface area contributed by atoms with Crippen molar-refractivity contribution in [1.82, 2.24) is 9.97 Å². The molecule has 0 aliphatic carbocycles. The van der Waals surface area contributed by atoms with E-state index in [-0.39, 0.29) is 11.8 Å². The molecule has 3 heterocycles. The molecule has 2 aromatic carbocycles. The van der Waals surface area contributed by atoms with Gasteiger partial charge in [0.2, 0.25) is 0 Å². The van der Waals surface area contributed by atoms with Gasteiger partial charge in [-0.15, -0.1) is 11.3 Å². The SMILES string of the molecule is O=C(Nc1nc(-c2c[nH]c3ccccc23)cs1)c1cccc(NC(=O)C2CCCO2)c1. The summed E-state index contributed by atoms with van der Waals surface area (Å²) in [5.41, 5.74) is 3.83. The Labute approximate surface area is 182 Å². The van der Waals surface area contributed by atoms with Gasteiger partial charge in [-0.2, -0.15) is 0 Å².